The van der Waals surface area contributed by atoms with Crippen LogP contribution in [0.2, 0.25) is 0 Å². The molecule has 6 rings (SSSR count). The molecule has 0 aliphatic carbocycles. The average molecular weight is 558 g/mol. The number of aromatic nitrogens is 4. The summed E-state index contributed by atoms with van der Waals surface area (Å²) in [7, 11) is 1.61. The van der Waals surface area contributed by atoms with E-state index in [1.165, 1.54) is 5.57 Å². The highest BCUT2D eigenvalue weighted by Gasteiger charge is 2.45. The molecule has 2 aliphatic rings. The van der Waals surface area contributed by atoms with Crippen molar-refractivity contribution >= 4 is 45.3 Å². The Labute approximate surface area is 236 Å². The molecule has 5 heterocycles. The fourth-order valence-corrected chi connectivity index (χ4v) is 6.30. The van der Waals surface area contributed by atoms with Crippen LogP contribution in [0.1, 0.15) is 17.8 Å². The lowest BCUT2D eigenvalue weighted by Crippen LogP contribution is -2.45. The molecule has 3 aromatic heterocycles. The van der Waals surface area contributed by atoms with Crippen molar-refractivity contribution < 1.29 is 14.3 Å². The second-order valence-corrected chi connectivity index (χ2v) is 11.2. The number of H-pyrrole nitrogens is 1. The average Bonchev–Trinajstić information content (AvgIpc) is 3.75. The molecule has 2 amide bonds. The first-order valence-corrected chi connectivity index (χ1v) is 14.2. The first-order valence-electron chi connectivity index (χ1n) is 13.3. The minimum Gasteiger partial charge on any atom is -0.384 e. The SMILES string of the molecule is COCC1(C(=O)Nc2ccc3[nH]nc(-c4ccncc4)c3c2)CCN(CC(=O)N2CC=C(c3nccs3)CC2)C1. The van der Waals surface area contributed by atoms with E-state index in [0.717, 1.165) is 33.6 Å². The lowest BCUT2D eigenvalue weighted by molar-refractivity contribution is -0.133. The van der Waals surface area contributed by atoms with Gasteiger partial charge < -0.3 is 15.0 Å². The van der Waals surface area contributed by atoms with E-state index in [4.69, 9.17) is 4.74 Å². The third kappa shape index (κ3) is 5.27. The van der Waals surface area contributed by atoms with Gasteiger partial charge in [0, 0.05) is 67.4 Å². The number of likely N-dealkylation sites (tertiary alicyclic amines) is 1. The quantitative estimate of drug-likeness (QED) is 0.340. The minimum absolute atomic E-state index is 0.0807. The van der Waals surface area contributed by atoms with Gasteiger partial charge >= 0.3 is 0 Å². The summed E-state index contributed by atoms with van der Waals surface area (Å²) in [5, 5.41) is 14.6. The molecule has 1 saturated heterocycles. The van der Waals surface area contributed by atoms with Crippen molar-refractivity contribution in [2.24, 2.45) is 5.41 Å². The first-order chi connectivity index (χ1) is 19.5. The molecule has 0 spiro atoms. The van der Waals surface area contributed by atoms with Crippen LogP contribution in [0, 0.1) is 5.41 Å². The Morgan fingerprint density at radius 1 is 1.18 bits per heavy atom. The Bertz CT molecular complexity index is 1540. The van der Waals surface area contributed by atoms with Gasteiger partial charge in [0.25, 0.3) is 0 Å². The second kappa shape index (κ2) is 11.3. The lowest BCUT2D eigenvalue weighted by Gasteiger charge is -2.29. The first kappa shape index (κ1) is 26.3. The van der Waals surface area contributed by atoms with Crippen LogP contribution in [-0.4, -0.2) is 88.2 Å². The van der Waals surface area contributed by atoms with Gasteiger partial charge in [0.05, 0.1) is 24.1 Å². The fraction of sp³-hybridized carbons (Fsp3) is 0.345. The maximum absolute atomic E-state index is 13.7. The monoisotopic (exact) mass is 557 g/mol. The zero-order valence-corrected chi connectivity index (χ0v) is 23.1. The molecule has 1 atom stereocenters. The number of ether oxygens (including phenoxy) is 1. The van der Waals surface area contributed by atoms with Crippen molar-refractivity contribution in [3.8, 4) is 11.3 Å². The molecule has 10 nitrogen and oxygen atoms in total. The van der Waals surface area contributed by atoms with Crippen LogP contribution < -0.4 is 5.32 Å². The van der Waals surface area contributed by atoms with Gasteiger partial charge in [0.2, 0.25) is 11.8 Å². The van der Waals surface area contributed by atoms with Crippen LogP contribution in [0.3, 0.4) is 0 Å². The molecule has 206 valence electrons. The molecular formula is C29H31N7O3S. The maximum Gasteiger partial charge on any atom is 0.237 e. The van der Waals surface area contributed by atoms with Crippen LogP contribution >= 0.6 is 11.3 Å². The Balaban J connectivity index is 1.12. The number of amides is 2. The van der Waals surface area contributed by atoms with E-state index in [1.807, 2.05) is 46.8 Å². The normalized spacial score (nSPS) is 19.6. The summed E-state index contributed by atoms with van der Waals surface area (Å²) in [4.78, 5) is 39.2. The number of methoxy groups -OCH3 is 1. The van der Waals surface area contributed by atoms with Gasteiger partial charge in [-0.3, -0.25) is 24.6 Å². The number of aromatic amines is 1. The molecular weight excluding hydrogens is 526 g/mol. The number of benzene rings is 1. The second-order valence-electron chi connectivity index (χ2n) is 10.4. The standard InChI is InChI=1S/C29H31N7O3S/c1-39-19-29(8-14-35(18-29)17-25(37)36-12-6-21(7-13-36)27-31-11-15-40-27)28(38)32-22-2-3-24-23(16-22)26(34-33-24)20-4-9-30-10-5-20/h2-6,9-11,15-16H,7-8,12-14,17-19H2,1H3,(H,32,38)(H,33,34). The summed E-state index contributed by atoms with van der Waals surface area (Å²) in [6.45, 7) is 2.95. The Kier molecular flexibility index (Phi) is 7.42. The van der Waals surface area contributed by atoms with Gasteiger partial charge in [-0.25, -0.2) is 4.98 Å². The predicted molar refractivity (Wildman–Crippen MR) is 155 cm³/mol. The number of nitrogens with one attached hydrogen (secondary N) is 2. The fourth-order valence-electron chi connectivity index (χ4n) is 5.59. The zero-order chi connectivity index (χ0) is 27.5. The highest BCUT2D eigenvalue weighted by molar-refractivity contribution is 7.10. The third-order valence-electron chi connectivity index (χ3n) is 7.74. The molecule has 2 N–H and O–H groups in total. The van der Waals surface area contributed by atoms with Crippen molar-refractivity contribution in [1.29, 1.82) is 0 Å². The van der Waals surface area contributed by atoms with Crippen LogP contribution in [0.15, 0.2) is 60.4 Å². The molecule has 0 bridgehead atoms. The molecule has 2 aliphatic heterocycles. The number of hydrogen-bond acceptors (Lipinski definition) is 8. The highest BCUT2D eigenvalue weighted by Crippen LogP contribution is 2.34. The van der Waals surface area contributed by atoms with E-state index in [0.29, 0.717) is 38.3 Å². The Hall–Kier alpha value is -3.93. The maximum atomic E-state index is 13.7. The molecule has 1 aromatic carbocycles. The van der Waals surface area contributed by atoms with Gasteiger partial charge in [-0.1, -0.05) is 6.08 Å². The summed E-state index contributed by atoms with van der Waals surface area (Å²) in [5.41, 5.74) is 3.78. The van der Waals surface area contributed by atoms with Crippen molar-refractivity contribution in [2.45, 2.75) is 12.8 Å². The summed E-state index contributed by atoms with van der Waals surface area (Å²) < 4.78 is 5.52. The van der Waals surface area contributed by atoms with E-state index in [9.17, 15) is 9.59 Å². The van der Waals surface area contributed by atoms with Gasteiger partial charge in [-0.2, -0.15) is 5.10 Å². The van der Waals surface area contributed by atoms with Gasteiger partial charge in [0.15, 0.2) is 0 Å². The highest BCUT2D eigenvalue weighted by atomic mass is 32.1. The summed E-state index contributed by atoms with van der Waals surface area (Å²) in [6, 6.07) is 9.53. The minimum atomic E-state index is -0.742. The molecule has 1 fully saturated rings. The number of nitrogens with zero attached hydrogens (tertiary/aromatic N) is 5. The largest absolute Gasteiger partial charge is 0.384 e. The predicted octanol–water partition coefficient (Wildman–Crippen LogP) is 3.67. The summed E-state index contributed by atoms with van der Waals surface area (Å²) >= 11 is 1.63. The number of pyridine rings is 1. The van der Waals surface area contributed by atoms with E-state index >= 15 is 0 Å². The van der Waals surface area contributed by atoms with Crippen LogP contribution in [0.25, 0.3) is 27.7 Å². The Morgan fingerprint density at radius 2 is 2.05 bits per heavy atom. The van der Waals surface area contributed by atoms with Crippen molar-refractivity contribution in [3.63, 3.8) is 0 Å². The van der Waals surface area contributed by atoms with Crippen molar-refractivity contribution in [3.05, 3.63) is 65.4 Å². The van der Waals surface area contributed by atoms with Gasteiger partial charge in [-0.05, 0) is 55.3 Å². The summed E-state index contributed by atoms with van der Waals surface area (Å²) in [5.74, 6) is -0.0243. The van der Waals surface area contributed by atoms with Gasteiger partial charge in [-0.15, -0.1) is 11.3 Å². The number of thiazole rings is 1. The number of fused-ring (bicyclic) bond motifs is 1. The Morgan fingerprint density at radius 3 is 2.80 bits per heavy atom. The molecule has 0 saturated carbocycles. The van der Waals surface area contributed by atoms with E-state index < -0.39 is 5.41 Å². The molecule has 40 heavy (non-hydrogen) atoms. The molecule has 4 aromatic rings. The van der Waals surface area contributed by atoms with E-state index in [2.05, 4.69) is 36.5 Å². The summed E-state index contributed by atoms with van der Waals surface area (Å²) in [6.07, 6.45) is 8.79. The number of hydrogen-bond donors (Lipinski definition) is 2. The van der Waals surface area contributed by atoms with Gasteiger partial charge in [0.1, 0.15) is 10.7 Å². The van der Waals surface area contributed by atoms with E-state index in [1.54, 1.807) is 30.8 Å². The van der Waals surface area contributed by atoms with Crippen LogP contribution in [0.4, 0.5) is 5.69 Å². The third-order valence-corrected chi connectivity index (χ3v) is 8.59. The topological polar surface area (TPSA) is 116 Å². The molecule has 1 unspecified atom stereocenters. The lowest BCUT2D eigenvalue weighted by atomic mass is 9.87. The zero-order valence-electron chi connectivity index (χ0n) is 22.3. The number of carbonyl (C=O) groups excluding carboxylic acids is 2. The number of anilines is 1. The number of rotatable bonds is 8. The number of carbonyl (C=O) groups is 2. The van der Waals surface area contributed by atoms with Crippen LogP contribution in [-0.2, 0) is 14.3 Å². The molecule has 11 heteroatoms. The smallest absolute Gasteiger partial charge is 0.237 e. The van der Waals surface area contributed by atoms with Crippen molar-refractivity contribution in [2.75, 3.05) is 51.8 Å². The van der Waals surface area contributed by atoms with E-state index in [-0.39, 0.29) is 25.0 Å². The van der Waals surface area contributed by atoms with Crippen LogP contribution in [0.5, 0.6) is 0 Å². The van der Waals surface area contributed by atoms with Crippen molar-refractivity contribution in [1.82, 2.24) is 30.0 Å². The molecule has 0 radical (unpaired) electrons.